The van der Waals surface area contributed by atoms with Crippen molar-refractivity contribution in [1.82, 2.24) is 0 Å². The summed E-state index contributed by atoms with van der Waals surface area (Å²) in [5.74, 6) is 2.53. The number of rotatable bonds is 5. The van der Waals surface area contributed by atoms with E-state index < -0.39 is 17.5 Å². The SMILES string of the molecule is CCCCCc1ccc(C2CCc3c(ccc(C#Cc4cccc(F)c4F)c3F)C2)c(F)c1. The van der Waals surface area contributed by atoms with E-state index >= 15 is 4.39 Å². The van der Waals surface area contributed by atoms with Gasteiger partial charge in [0.05, 0.1) is 11.1 Å². The summed E-state index contributed by atoms with van der Waals surface area (Å²) in [4.78, 5) is 0. The second-order valence-corrected chi connectivity index (χ2v) is 8.67. The molecule has 0 saturated carbocycles. The van der Waals surface area contributed by atoms with Crippen LogP contribution in [0.5, 0.6) is 0 Å². The van der Waals surface area contributed by atoms with Crippen LogP contribution in [0.25, 0.3) is 0 Å². The minimum absolute atomic E-state index is 0.0000779. The number of fused-ring (bicyclic) bond motifs is 1. The molecular weight excluding hydrogens is 424 g/mol. The van der Waals surface area contributed by atoms with Crippen molar-refractivity contribution < 1.29 is 17.6 Å². The Kier molecular flexibility index (Phi) is 7.18. The van der Waals surface area contributed by atoms with Crippen molar-refractivity contribution in [2.24, 2.45) is 0 Å². The Balaban J connectivity index is 1.52. The number of hydrogen-bond donors (Lipinski definition) is 0. The van der Waals surface area contributed by atoms with Crippen LogP contribution in [0.3, 0.4) is 0 Å². The zero-order valence-electron chi connectivity index (χ0n) is 18.7. The van der Waals surface area contributed by atoms with Crippen LogP contribution in [0.15, 0.2) is 48.5 Å². The predicted octanol–water partition coefficient (Wildman–Crippen LogP) is 7.65. The third kappa shape index (κ3) is 5.14. The summed E-state index contributed by atoms with van der Waals surface area (Å²) >= 11 is 0. The molecule has 4 heteroatoms. The minimum Gasteiger partial charge on any atom is -0.207 e. The van der Waals surface area contributed by atoms with Gasteiger partial charge in [0, 0.05) is 0 Å². The Labute approximate surface area is 192 Å². The van der Waals surface area contributed by atoms with E-state index in [9.17, 15) is 13.2 Å². The minimum atomic E-state index is -1.04. The number of aryl methyl sites for hydroxylation is 1. The molecule has 3 aromatic rings. The van der Waals surface area contributed by atoms with Crippen LogP contribution in [-0.2, 0) is 19.3 Å². The lowest BCUT2D eigenvalue weighted by Crippen LogP contribution is -2.16. The van der Waals surface area contributed by atoms with Crippen molar-refractivity contribution in [3.63, 3.8) is 0 Å². The second kappa shape index (κ2) is 10.3. The van der Waals surface area contributed by atoms with Gasteiger partial charge in [-0.15, -0.1) is 0 Å². The zero-order chi connectivity index (χ0) is 23.4. The van der Waals surface area contributed by atoms with Gasteiger partial charge in [-0.2, -0.15) is 0 Å². The molecule has 0 N–H and O–H groups in total. The van der Waals surface area contributed by atoms with Gasteiger partial charge >= 0.3 is 0 Å². The molecular formula is C29H26F4. The summed E-state index contributed by atoms with van der Waals surface area (Å²) in [7, 11) is 0. The van der Waals surface area contributed by atoms with Crippen LogP contribution in [0.4, 0.5) is 17.6 Å². The Morgan fingerprint density at radius 1 is 0.848 bits per heavy atom. The first-order valence-corrected chi connectivity index (χ1v) is 11.5. The number of unbranched alkanes of at least 4 members (excludes halogenated alkanes) is 2. The zero-order valence-corrected chi connectivity index (χ0v) is 18.7. The summed E-state index contributed by atoms with van der Waals surface area (Å²) in [5.41, 5.74) is 3.17. The monoisotopic (exact) mass is 450 g/mol. The van der Waals surface area contributed by atoms with Crippen LogP contribution in [0.1, 0.15) is 71.9 Å². The van der Waals surface area contributed by atoms with E-state index in [1.807, 2.05) is 18.2 Å². The molecule has 0 aromatic heterocycles. The molecule has 0 saturated heterocycles. The first kappa shape index (κ1) is 23.1. The Hall–Kier alpha value is -3.06. The third-order valence-electron chi connectivity index (χ3n) is 6.41. The van der Waals surface area contributed by atoms with E-state index in [0.717, 1.165) is 42.9 Å². The van der Waals surface area contributed by atoms with Gasteiger partial charge in [0.2, 0.25) is 0 Å². The largest absolute Gasteiger partial charge is 0.207 e. The molecule has 33 heavy (non-hydrogen) atoms. The molecule has 3 aromatic carbocycles. The average Bonchev–Trinajstić information content (AvgIpc) is 2.81. The van der Waals surface area contributed by atoms with E-state index in [4.69, 9.17) is 0 Å². The van der Waals surface area contributed by atoms with Crippen LogP contribution in [-0.4, -0.2) is 0 Å². The average molecular weight is 451 g/mol. The maximum absolute atomic E-state index is 15.1. The maximum atomic E-state index is 15.1. The van der Waals surface area contributed by atoms with Gasteiger partial charge in [-0.05, 0) is 84.5 Å². The maximum Gasteiger partial charge on any atom is 0.174 e. The van der Waals surface area contributed by atoms with Gasteiger partial charge in [-0.3, -0.25) is 0 Å². The summed E-state index contributed by atoms with van der Waals surface area (Å²) in [5, 5.41) is 0. The van der Waals surface area contributed by atoms with Crippen LogP contribution in [0.2, 0.25) is 0 Å². The first-order valence-electron chi connectivity index (χ1n) is 11.5. The molecule has 0 fully saturated rings. The Morgan fingerprint density at radius 2 is 1.64 bits per heavy atom. The van der Waals surface area contributed by atoms with Gasteiger partial charge in [0.1, 0.15) is 11.6 Å². The molecule has 0 heterocycles. The fourth-order valence-electron chi connectivity index (χ4n) is 4.54. The smallest absolute Gasteiger partial charge is 0.174 e. The van der Waals surface area contributed by atoms with E-state index in [1.165, 1.54) is 12.1 Å². The normalized spacial score (nSPS) is 15.0. The van der Waals surface area contributed by atoms with Crippen LogP contribution >= 0.6 is 0 Å². The molecule has 1 unspecified atom stereocenters. The number of halogens is 4. The number of hydrogen-bond acceptors (Lipinski definition) is 0. The summed E-state index contributed by atoms with van der Waals surface area (Å²) < 4.78 is 57.1. The summed E-state index contributed by atoms with van der Waals surface area (Å²) in [6, 6.07) is 12.6. The van der Waals surface area contributed by atoms with Crippen molar-refractivity contribution in [2.45, 2.75) is 57.8 Å². The Morgan fingerprint density at radius 3 is 2.39 bits per heavy atom. The second-order valence-electron chi connectivity index (χ2n) is 8.67. The van der Waals surface area contributed by atoms with Gasteiger partial charge < -0.3 is 0 Å². The molecule has 0 spiro atoms. The molecule has 1 aliphatic rings. The Bertz CT molecular complexity index is 1220. The lowest BCUT2D eigenvalue weighted by Gasteiger charge is -2.26. The van der Waals surface area contributed by atoms with Crippen molar-refractivity contribution in [3.8, 4) is 11.8 Å². The fourth-order valence-corrected chi connectivity index (χ4v) is 4.54. The lowest BCUT2D eigenvalue weighted by atomic mass is 9.79. The lowest BCUT2D eigenvalue weighted by molar-refractivity contribution is 0.506. The quantitative estimate of drug-likeness (QED) is 0.213. The van der Waals surface area contributed by atoms with Crippen molar-refractivity contribution in [2.75, 3.05) is 0 Å². The standard InChI is InChI=1S/C29H26F4/c1-2-3-4-6-19-9-15-24(27(31)17-19)22-14-16-25-23(18-22)13-12-21(28(25)32)11-10-20-7-5-8-26(30)29(20)33/h5,7-9,12-13,15,17,22H,2-4,6,14,16,18H2,1H3. The van der Waals surface area contributed by atoms with Crippen molar-refractivity contribution in [1.29, 1.82) is 0 Å². The van der Waals surface area contributed by atoms with Gasteiger partial charge in [0.25, 0.3) is 0 Å². The molecule has 0 aliphatic heterocycles. The fraction of sp³-hybridized carbons (Fsp3) is 0.310. The highest BCUT2D eigenvalue weighted by Gasteiger charge is 2.25. The molecule has 0 amide bonds. The highest BCUT2D eigenvalue weighted by atomic mass is 19.2. The van der Waals surface area contributed by atoms with Gasteiger partial charge in [-0.1, -0.05) is 55.9 Å². The van der Waals surface area contributed by atoms with Crippen LogP contribution in [0, 0.1) is 35.1 Å². The predicted molar refractivity (Wildman–Crippen MR) is 123 cm³/mol. The van der Waals surface area contributed by atoms with E-state index in [-0.39, 0.29) is 22.9 Å². The van der Waals surface area contributed by atoms with Crippen molar-refractivity contribution >= 4 is 0 Å². The summed E-state index contributed by atoms with van der Waals surface area (Å²) in [6.45, 7) is 2.15. The summed E-state index contributed by atoms with van der Waals surface area (Å²) in [6.07, 6.45) is 5.89. The van der Waals surface area contributed by atoms with Gasteiger partial charge in [-0.25, -0.2) is 17.6 Å². The molecule has 1 atom stereocenters. The molecule has 0 bridgehead atoms. The third-order valence-corrected chi connectivity index (χ3v) is 6.41. The highest BCUT2D eigenvalue weighted by molar-refractivity contribution is 5.48. The molecule has 4 rings (SSSR count). The number of benzene rings is 3. The van der Waals surface area contributed by atoms with E-state index in [2.05, 4.69) is 18.8 Å². The van der Waals surface area contributed by atoms with E-state index in [0.29, 0.717) is 30.4 Å². The first-order chi connectivity index (χ1) is 16.0. The molecule has 1 aliphatic carbocycles. The topological polar surface area (TPSA) is 0 Å². The van der Waals surface area contributed by atoms with Crippen molar-refractivity contribution in [3.05, 3.63) is 105 Å². The highest BCUT2D eigenvalue weighted by Crippen LogP contribution is 2.36. The molecule has 170 valence electrons. The molecule has 0 radical (unpaired) electrons. The molecule has 0 nitrogen and oxygen atoms in total. The van der Waals surface area contributed by atoms with Gasteiger partial charge in [0.15, 0.2) is 11.6 Å². The van der Waals surface area contributed by atoms with E-state index in [1.54, 1.807) is 12.1 Å². The van der Waals surface area contributed by atoms with Crippen LogP contribution < -0.4 is 0 Å².